The zero-order valence-electron chi connectivity index (χ0n) is 13.0. The largest absolute Gasteiger partial charge is 0.477 e. The molecule has 3 rings (SSSR count). The first kappa shape index (κ1) is 15.5. The van der Waals surface area contributed by atoms with Crippen molar-refractivity contribution in [2.45, 2.75) is 19.6 Å². The Morgan fingerprint density at radius 3 is 2.79 bits per heavy atom. The van der Waals surface area contributed by atoms with Gasteiger partial charge in [0, 0.05) is 6.20 Å². The zero-order chi connectivity index (χ0) is 17.5. The monoisotopic (exact) mass is 323 g/mol. The third-order valence-electron chi connectivity index (χ3n) is 3.49. The van der Waals surface area contributed by atoms with Crippen molar-refractivity contribution in [2.75, 3.05) is 0 Å². The highest BCUT2D eigenvalue weighted by atomic mass is 16.5. The minimum absolute atomic E-state index is 0.242. The lowest BCUT2D eigenvalue weighted by Crippen LogP contribution is -2.39. The highest BCUT2D eigenvalue weighted by molar-refractivity contribution is 6.04. The first-order valence-corrected chi connectivity index (χ1v) is 7.11. The van der Waals surface area contributed by atoms with E-state index in [1.54, 1.807) is 32.0 Å². The van der Waals surface area contributed by atoms with Crippen molar-refractivity contribution < 1.29 is 14.6 Å². The molecule has 0 spiro atoms. The molecule has 1 aromatic carbocycles. The van der Waals surface area contributed by atoms with Gasteiger partial charge in [-0.2, -0.15) is 5.26 Å². The van der Waals surface area contributed by atoms with Crippen LogP contribution >= 0.6 is 0 Å². The molecule has 1 aromatic heterocycles. The predicted octanol–water partition coefficient (Wildman–Crippen LogP) is 1.84. The highest BCUT2D eigenvalue weighted by Gasteiger charge is 2.30. The first-order chi connectivity index (χ1) is 11.3. The number of carboxylic acid groups (broad SMARTS) is 1. The van der Waals surface area contributed by atoms with Crippen LogP contribution in [0.3, 0.4) is 0 Å². The third kappa shape index (κ3) is 2.54. The lowest BCUT2D eigenvalue weighted by atomic mass is 10.1. The van der Waals surface area contributed by atoms with E-state index in [1.165, 1.54) is 18.3 Å². The second kappa shape index (κ2) is 5.35. The summed E-state index contributed by atoms with van der Waals surface area (Å²) < 4.78 is 6.92. The maximum absolute atomic E-state index is 12.5. The van der Waals surface area contributed by atoms with Crippen molar-refractivity contribution in [3.8, 4) is 11.8 Å². The van der Waals surface area contributed by atoms with Crippen LogP contribution in [-0.4, -0.2) is 27.2 Å². The van der Waals surface area contributed by atoms with Gasteiger partial charge in [0.1, 0.15) is 17.1 Å². The molecule has 1 aliphatic rings. The van der Waals surface area contributed by atoms with Gasteiger partial charge < -0.3 is 9.84 Å². The Balaban J connectivity index is 2.30. The molecule has 0 saturated carbocycles. The van der Waals surface area contributed by atoms with Gasteiger partial charge in [-0.25, -0.2) is 9.79 Å². The Bertz CT molecular complexity index is 980. The average Bonchev–Trinajstić information content (AvgIpc) is 2.53. The fourth-order valence-electron chi connectivity index (χ4n) is 2.48. The summed E-state index contributed by atoms with van der Waals surface area (Å²) in [6.07, 6.45) is 1.44. The number of nitriles is 1. The second-order valence-corrected chi connectivity index (χ2v) is 5.71. The number of carbonyl (C=O) groups is 1. The highest BCUT2D eigenvalue weighted by Crippen LogP contribution is 2.31. The summed E-state index contributed by atoms with van der Waals surface area (Å²) in [7, 11) is 0. The molecule has 0 amide bonds. The van der Waals surface area contributed by atoms with Crippen molar-refractivity contribution in [2.24, 2.45) is 4.99 Å². The number of fused-ring (bicyclic) bond motifs is 1. The Kier molecular flexibility index (Phi) is 3.45. The van der Waals surface area contributed by atoms with Crippen LogP contribution in [0, 0.1) is 11.3 Å². The number of pyridine rings is 1. The van der Waals surface area contributed by atoms with E-state index < -0.39 is 17.3 Å². The molecule has 0 radical (unpaired) electrons. The number of carboxylic acids is 1. The van der Waals surface area contributed by atoms with Crippen molar-refractivity contribution in [1.29, 1.82) is 5.26 Å². The molecule has 0 saturated heterocycles. The van der Waals surface area contributed by atoms with E-state index >= 15 is 0 Å². The Morgan fingerprint density at radius 2 is 2.12 bits per heavy atom. The number of aliphatic imine (C=N–C) groups is 1. The molecule has 1 N–H and O–H groups in total. The van der Waals surface area contributed by atoms with Crippen molar-refractivity contribution in [3.05, 3.63) is 63.6 Å². The lowest BCUT2D eigenvalue weighted by Gasteiger charge is -2.30. The molecule has 7 heteroatoms. The number of nitrogens with zero attached hydrogens (tertiary/aromatic N) is 3. The number of benzene rings is 1. The molecule has 7 nitrogen and oxygen atoms in total. The summed E-state index contributed by atoms with van der Waals surface area (Å²) in [4.78, 5) is 28.1. The summed E-state index contributed by atoms with van der Waals surface area (Å²) in [6.45, 7) is 3.44. The van der Waals surface area contributed by atoms with E-state index in [-0.39, 0.29) is 11.4 Å². The van der Waals surface area contributed by atoms with Crippen LogP contribution in [0.5, 0.6) is 5.75 Å². The predicted molar refractivity (Wildman–Crippen MR) is 85.5 cm³/mol. The Morgan fingerprint density at radius 1 is 1.38 bits per heavy atom. The third-order valence-corrected chi connectivity index (χ3v) is 3.49. The van der Waals surface area contributed by atoms with Gasteiger partial charge in [0.2, 0.25) is 0 Å². The standard InChI is InChI=1S/C17H13N3O4/c1-17(2)19-14(12-8-10(9-18)5-6-13(12)24-17)20-7-3-4-11(15(20)21)16(22)23/h3-8H,1-2H3,(H,22,23). The van der Waals surface area contributed by atoms with E-state index in [0.717, 1.165) is 4.57 Å². The quantitative estimate of drug-likeness (QED) is 0.862. The van der Waals surface area contributed by atoms with Crippen LogP contribution in [-0.2, 0) is 0 Å². The van der Waals surface area contributed by atoms with E-state index in [0.29, 0.717) is 16.9 Å². The molecule has 2 heterocycles. The molecule has 0 unspecified atom stereocenters. The van der Waals surface area contributed by atoms with Crippen LogP contribution in [0.2, 0.25) is 0 Å². The average molecular weight is 323 g/mol. The minimum atomic E-state index is -1.31. The molecule has 0 bridgehead atoms. The molecule has 0 fully saturated rings. The molecule has 24 heavy (non-hydrogen) atoms. The van der Waals surface area contributed by atoms with Crippen LogP contribution in [0.25, 0.3) is 0 Å². The summed E-state index contributed by atoms with van der Waals surface area (Å²) in [5.74, 6) is -0.602. The van der Waals surface area contributed by atoms with Crippen LogP contribution in [0.4, 0.5) is 0 Å². The molecule has 1 aliphatic heterocycles. The van der Waals surface area contributed by atoms with Gasteiger partial charge in [-0.3, -0.25) is 9.36 Å². The van der Waals surface area contributed by atoms with Gasteiger partial charge in [0.25, 0.3) is 5.56 Å². The summed E-state index contributed by atoms with van der Waals surface area (Å²) in [5.41, 5.74) is -1.16. The molecule has 0 atom stereocenters. The second-order valence-electron chi connectivity index (χ2n) is 5.71. The molecule has 120 valence electrons. The van der Waals surface area contributed by atoms with Gasteiger partial charge in [0.05, 0.1) is 17.2 Å². The maximum Gasteiger partial charge on any atom is 0.341 e. The van der Waals surface area contributed by atoms with E-state index in [1.807, 2.05) is 6.07 Å². The number of hydrogen-bond acceptors (Lipinski definition) is 5. The van der Waals surface area contributed by atoms with E-state index in [9.17, 15) is 9.59 Å². The smallest absolute Gasteiger partial charge is 0.341 e. The molecule has 0 aliphatic carbocycles. The number of hydrogen-bond donors (Lipinski definition) is 1. The van der Waals surface area contributed by atoms with Gasteiger partial charge in [-0.15, -0.1) is 0 Å². The molecular formula is C17H13N3O4. The summed E-state index contributed by atoms with van der Waals surface area (Å²) >= 11 is 0. The molecular weight excluding hydrogens is 310 g/mol. The van der Waals surface area contributed by atoms with Gasteiger partial charge in [-0.05, 0) is 44.2 Å². The Labute approximate surface area is 137 Å². The summed E-state index contributed by atoms with van der Waals surface area (Å²) in [5, 5.41) is 18.2. The van der Waals surface area contributed by atoms with E-state index in [4.69, 9.17) is 15.1 Å². The fourth-order valence-corrected chi connectivity index (χ4v) is 2.48. The van der Waals surface area contributed by atoms with E-state index in [2.05, 4.69) is 4.99 Å². The van der Waals surface area contributed by atoms with Crippen molar-refractivity contribution in [3.63, 3.8) is 0 Å². The van der Waals surface area contributed by atoms with Crippen molar-refractivity contribution >= 4 is 11.8 Å². The topological polar surface area (TPSA) is 105 Å². The Hall–Kier alpha value is -3.40. The van der Waals surface area contributed by atoms with Gasteiger partial charge in [-0.1, -0.05) is 0 Å². The van der Waals surface area contributed by atoms with Crippen LogP contribution in [0.1, 0.15) is 35.3 Å². The SMILES string of the molecule is CC1(C)N=C(n2cccc(C(=O)O)c2=O)c2cc(C#N)ccc2O1. The zero-order valence-corrected chi connectivity index (χ0v) is 13.0. The van der Waals surface area contributed by atoms with Gasteiger partial charge in [0.15, 0.2) is 5.72 Å². The minimum Gasteiger partial charge on any atom is -0.477 e. The normalized spacial score (nSPS) is 14.8. The van der Waals surface area contributed by atoms with Crippen molar-refractivity contribution in [1.82, 2.24) is 4.57 Å². The number of ether oxygens (including phenoxy) is 1. The maximum atomic E-state index is 12.5. The lowest BCUT2D eigenvalue weighted by molar-refractivity contribution is 0.0694. The summed E-state index contributed by atoms with van der Waals surface area (Å²) in [6, 6.07) is 9.52. The molecule has 2 aromatic rings. The number of aromatic nitrogens is 1. The fraction of sp³-hybridized carbons (Fsp3) is 0.176. The number of rotatable bonds is 1. The van der Waals surface area contributed by atoms with Crippen LogP contribution < -0.4 is 10.3 Å². The van der Waals surface area contributed by atoms with Gasteiger partial charge >= 0.3 is 5.97 Å². The van der Waals surface area contributed by atoms with Crippen LogP contribution in [0.15, 0.2) is 46.3 Å². The number of aromatic carboxylic acids is 1. The first-order valence-electron chi connectivity index (χ1n) is 7.11.